The molecule has 0 unspecified atom stereocenters. The number of amides is 1. The Balaban J connectivity index is 1.67. The lowest BCUT2D eigenvalue weighted by Gasteiger charge is -2.11. The summed E-state index contributed by atoms with van der Waals surface area (Å²) in [4.78, 5) is 12.4. The maximum absolute atomic E-state index is 13.2. The number of nitrogens with zero attached hydrogens (tertiary/aromatic N) is 3. The Morgan fingerprint density at radius 1 is 1.10 bits per heavy atom. The number of benzene rings is 2. The number of hydrogen-bond acceptors (Lipinski definition) is 6. The lowest BCUT2D eigenvalue weighted by atomic mass is 10.2. The van der Waals surface area contributed by atoms with Gasteiger partial charge in [0, 0.05) is 23.9 Å². The van der Waals surface area contributed by atoms with Crippen LogP contribution in [-0.4, -0.2) is 40.6 Å². The molecule has 152 valence electrons. The highest BCUT2D eigenvalue weighted by Gasteiger charge is 2.15. The molecule has 3 rings (SSSR count). The van der Waals surface area contributed by atoms with Crippen molar-refractivity contribution in [1.82, 2.24) is 14.8 Å². The monoisotopic (exact) mass is 416 g/mol. The van der Waals surface area contributed by atoms with Gasteiger partial charge in [0.15, 0.2) is 22.5 Å². The second-order valence-corrected chi connectivity index (χ2v) is 6.91. The van der Waals surface area contributed by atoms with E-state index in [1.807, 2.05) is 11.5 Å². The van der Waals surface area contributed by atoms with Crippen molar-refractivity contribution < 1.29 is 18.7 Å². The Bertz CT molecular complexity index is 992. The molecule has 0 bridgehead atoms. The first kappa shape index (κ1) is 20.7. The number of anilines is 1. The minimum Gasteiger partial charge on any atom is -0.493 e. The Morgan fingerprint density at radius 3 is 2.48 bits per heavy atom. The van der Waals surface area contributed by atoms with E-state index in [4.69, 9.17) is 9.47 Å². The van der Waals surface area contributed by atoms with E-state index >= 15 is 0 Å². The molecule has 1 heterocycles. The van der Waals surface area contributed by atoms with Gasteiger partial charge >= 0.3 is 0 Å². The molecule has 1 amide bonds. The van der Waals surface area contributed by atoms with Crippen LogP contribution in [0.3, 0.4) is 0 Å². The predicted molar refractivity (Wildman–Crippen MR) is 110 cm³/mol. The molecule has 3 aromatic rings. The number of nitrogens with one attached hydrogen (secondary N) is 1. The first-order valence-electron chi connectivity index (χ1n) is 8.89. The molecule has 2 aromatic carbocycles. The Morgan fingerprint density at radius 2 is 1.83 bits per heavy atom. The van der Waals surface area contributed by atoms with Crippen LogP contribution in [0.1, 0.15) is 6.92 Å². The van der Waals surface area contributed by atoms with E-state index in [1.165, 1.54) is 31.0 Å². The summed E-state index contributed by atoms with van der Waals surface area (Å²) in [6.45, 7) is 2.59. The van der Waals surface area contributed by atoms with Gasteiger partial charge in [0.05, 0.1) is 20.0 Å². The highest BCUT2D eigenvalue weighted by atomic mass is 32.2. The number of aromatic nitrogens is 3. The number of carbonyl (C=O) groups is 1. The summed E-state index contributed by atoms with van der Waals surface area (Å²) in [6, 6.07) is 11.2. The standard InChI is InChI=1S/C20H21FN4O3S/c1-4-25-19(13-5-7-14(21)8-6-13)23-24-20(25)29-12-18(26)22-15-9-10-16(27-2)17(11-15)28-3/h5-11H,4,12H2,1-3H3,(H,22,26). The molecule has 0 saturated carbocycles. The van der Waals surface area contributed by atoms with Crippen LogP contribution in [0.5, 0.6) is 11.5 Å². The summed E-state index contributed by atoms with van der Waals surface area (Å²) < 4.78 is 25.5. The fraction of sp³-hybridized carbons (Fsp3) is 0.250. The molecule has 7 nitrogen and oxygen atoms in total. The maximum atomic E-state index is 13.2. The van der Waals surface area contributed by atoms with Crippen LogP contribution in [0.25, 0.3) is 11.4 Å². The van der Waals surface area contributed by atoms with Gasteiger partial charge in [-0.1, -0.05) is 11.8 Å². The van der Waals surface area contributed by atoms with E-state index in [0.29, 0.717) is 34.7 Å². The molecular weight excluding hydrogens is 395 g/mol. The van der Waals surface area contributed by atoms with Crippen LogP contribution in [0.15, 0.2) is 47.6 Å². The van der Waals surface area contributed by atoms with E-state index in [1.54, 1.807) is 37.4 Å². The Labute approximate surface area is 172 Å². The van der Waals surface area contributed by atoms with Crippen molar-refractivity contribution in [1.29, 1.82) is 0 Å². The molecule has 0 aliphatic rings. The lowest BCUT2D eigenvalue weighted by Crippen LogP contribution is -2.14. The topological polar surface area (TPSA) is 78.3 Å². The Kier molecular flexibility index (Phi) is 6.71. The molecule has 0 radical (unpaired) electrons. The molecule has 0 atom stereocenters. The van der Waals surface area contributed by atoms with Crippen molar-refractivity contribution in [2.24, 2.45) is 0 Å². The summed E-state index contributed by atoms with van der Waals surface area (Å²) in [5.41, 5.74) is 1.37. The number of ether oxygens (including phenoxy) is 2. The van der Waals surface area contributed by atoms with Crippen molar-refractivity contribution in [2.75, 3.05) is 25.3 Å². The van der Waals surface area contributed by atoms with E-state index in [9.17, 15) is 9.18 Å². The highest BCUT2D eigenvalue weighted by Crippen LogP contribution is 2.30. The third kappa shape index (κ3) is 4.86. The number of methoxy groups -OCH3 is 2. The zero-order valence-electron chi connectivity index (χ0n) is 16.3. The highest BCUT2D eigenvalue weighted by molar-refractivity contribution is 7.99. The van der Waals surface area contributed by atoms with Gasteiger partial charge < -0.3 is 19.4 Å². The van der Waals surface area contributed by atoms with Crippen molar-refractivity contribution in [3.05, 3.63) is 48.3 Å². The molecule has 0 saturated heterocycles. The van der Waals surface area contributed by atoms with Crippen molar-refractivity contribution in [3.63, 3.8) is 0 Å². The third-order valence-corrected chi connectivity index (χ3v) is 5.10. The molecule has 29 heavy (non-hydrogen) atoms. The predicted octanol–water partition coefficient (Wildman–Crippen LogP) is 3.85. The molecule has 0 fully saturated rings. The van der Waals surface area contributed by atoms with Gasteiger partial charge in [0.2, 0.25) is 5.91 Å². The number of thioether (sulfide) groups is 1. The average Bonchev–Trinajstić information content (AvgIpc) is 3.15. The maximum Gasteiger partial charge on any atom is 0.234 e. The van der Waals surface area contributed by atoms with Crippen LogP contribution < -0.4 is 14.8 Å². The largest absolute Gasteiger partial charge is 0.493 e. The van der Waals surface area contributed by atoms with Gasteiger partial charge in [-0.3, -0.25) is 4.79 Å². The minimum absolute atomic E-state index is 0.163. The third-order valence-electron chi connectivity index (χ3n) is 4.14. The molecule has 0 aliphatic carbocycles. The molecule has 1 aromatic heterocycles. The van der Waals surface area contributed by atoms with Gasteiger partial charge in [-0.05, 0) is 43.3 Å². The van der Waals surface area contributed by atoms with Crippen LogP contribution in [0.2, 0.25) is 0 Å². The molecule has 0 aliphatic heterocycles. The van der Waals surface area contributed by atoms with Crippen molar-refractivity contribution >= 4 is 23.4 Å². The minimum atomic E-state index is -0.308. The van der Waals surface area contributed by atoms with Gasteiger partial charge in [-0.2, -0.15) is 0 Å². The second-order valence-electron chi connectivity index (χ2n) is 5.96. The fourth-order valence-electron chi connectivity index (χ4n) is 2.73. The quantitative estimate of drug-likeness (QED) is 0.562. The smallest absolute Gasteiger partial charge is 0.234 e. The van der Waals surface area contributed by atoms with Crippen LogP contribution in [-0.2, 0) is 11.3 Å². The summed E-state index contributed by atoms with van der Waals surface area (Å²) in [6.07, 6.45) is 0. The van der Waals surface area contributed by atoms with Crippen LogP contribution >= 0.6 is 11.8 Å². The summed E-state index contributed by atoms with van der Waals surface area (Å²) >= 11 is 1.28. The molecular formula is C20H21FN4O3S. The number of halogens is 1. The van der Waals surface area contributed by atoms with E-state index in [0.717, 1.165) is 5.56 Å². The lowest BCUT2D eigenvalue weighted by molar-refractivity contribution is -0.113. The Hall–Kier alpha value is -3.07. The number of hydrogen-bond donors (Lipinski definition) is 1. The van der Waals surface area contributed by atoms with Crippen LogP contribution in [0, 0.1) is 5.82 Å². The van der Waals surface area contributed by atoms with E-state index in [-0.39, 0.29) is 17.5 Å². The van der Waals surface area contributed by atoms with Gasteiger partial charge in [0.25, 0.3) is 0 Å². The summed E-state index contributed by atoms with van der Waals surface area (Å²) in [5.74, 6) is 1.43. The summed E-state index contributed by atoms with van der Waals surface area (Å²) in [7, 11) is 3.09. The van der Waals surface area contributed by atoms with E-state index in [2.05, 4.69) is 15.5 Å². The van der Waals surface area contributed by atoms with Gasteiger partial charge in [-0.15, -0.1) is 10.2 Å². The average molecular weight is 416 g/mol. The molecule has 9 heteroatoms. The zero-order valence-corrected chi connectivity index (χ0v) is 17.1. The van der Waals surface area contributed by atoms with Crippen molar-refractivity contribution in [3.8, 4) is 22.9 Å². The normalized spacial score (nSPS) is 10.6. The first-order valence-corrected chi connectivity index (χ1v) is 9.88. The van der Waals surface area contributed by atoms with Crippen LogP contribution in [0.4, 0.5) is 10.1 Å². The zero-order chi connectivity index (χ0) is 20.8. The van der Waals surface area contributed by atoms with Gasteiger partial charge in [0.1, 0.15) is 5.82 Å². The van der Waals surface area contributed by atoms with E-state index < -0.39 is 0 Å². The van der Waals surface area contributed by atoms with Gasteiger partial charge in [-0.25, -0.2) is 4.39 Å². The second kappa shape index (κ2) is 9.42. The first-order chi connectivity index (χ1) is 14.0. The SMILES string of the molecule is CCn1c(SCC(=O)Nc2ccc(OC)c(OC)c2)nnc1-c1ccc(F)cc1. The molecule has 0 spiro atoms. The number of rotatable bonds is 8. The number of carbonyl (C=O) groups excluding carboxylic acids is 1. The fourth-order valence-corrected chi connectivity index (χ4v) is 3.54. The van der Waals surface area contributed by atoms with Crippen molar-refractivity contribution in [2.45, 2.75) is 18.6 Å². The molecule has 1 N–H and O–H groups in total. The summed E-state index contributed by atoms with van der Waals surface area (Å²) in [5, 5.41) is 11.8.